The van der Waals surface area contributed by atoms with Gasteiger partial charge in [-0.25, -0.2) is 8.42 Å². The number of aryl methyl sites for hydroxylation is 2. The van der Waals surface area contributed by atoms with Crippen LogP contribution in [0.25, 0.3) is 0 Å². The van der Waals surface area contributed by atoms with E-state index in [1.165, 1.54) is 4.31 Å². The van der Waals surface area contributed by atoms with Crippen molar-refractivity contribution in [1.29, 1.82) is 0 Å². The van der Waals surface area contributed by atoms with E-state index in [0.29, 0.717) is 18.8 Å². The molecule has 0 aliphatic carbocycles. The molecule has 1 heterocycles. The molecule has 162 valence electrons. The van der Waals surface area contributed by atoms with Crippen molar-refractivity contribution in [3.8, 4) is 0 Å². The van der Waals surface area contributed by atoms with Crippen LogP contribution in [0.2, 0.25) is 0 Å². The lowest BCUT2D eigenvalue weighted by atomic mass is 10.1. The van der Waals surface area contributed by atoms with E-state index in [4.69, 9.17) is 0 Å². The molecule has 2 aromatic carbocycles. The summed E-state index contributed by atoms with van der Waals surface area (Å²) in [7, 11) is -3.88. The number of piperazine rings is 1. The summed E-state index contributed by atoms with van der Waals surface area (Å²) in [5, 5.41) is 0. The Hall–Kier alpha value is -2.38. The van der Waals surface area contributed by atoms with Crippen LogP contribution >= 0.6 is 0 Å². The van der Waals surface area contributed by atoms with Gasteiger partial charge in [-0.3, -0.25) is 9.10 Å². The molecule has 0 aromatic heterocycles. The van der Waals surface area contributed by atoms with Crippen molar-refractivity contribution in [2.75, 3.05) is 43.6 Å². The van der Waals surface area contributed by atoms with Crippen LogP contribution in [-0.4, -0.2) is 63.4 Å². The number of rotatable bonds is 6. The lowest BCUT2D eigenvalue weighted by Crippen LogP contribution is -2.51. The van der Waals surface area contributed by atoms with Crippen LogP contribution in [0, 0.1) is 20.8 Å². The third-order valence-electron chi connectivity index (χ3n) is 5.90. The van der Waals surface area contributed by atoms with Gasteiger partial charge in [-0.15, -0.1) is 0 Å². The number of nitrogens with zero attached hydrogens (tertiary/aromatic N) is 3. The molecule has 1 aliphatic heterocycles. The Bertz CT molecular complexity index is 995. The summed E-state index contributed by atoms with van der Waals surface area (Å²) in [6.07, 6.45) is 0. The van der Waals surface area contributed by atoms with E-state index in [2.05, 4.69) is 11.8 Å². The Kier molecular flexibility index (Phi) is 6.83. The summed E-state index contributed by atoms with van der Waals surface area (Å²) in [4.78, 5) is 17.4. The van der Waals surface area contributed by atoms with E-state index in [9.17, 15) is 13.2 Å². The predicted molar refractivity (Wildman–Crippen MR) is 120 cm³/mol. The van der Waals surface area contributed by atoms with Crippen molar-refractivity contribution in [2.45, 2.75) is 32.6 Å². The summed E-state index contributed by atoms with van der Waals surface area (Å²) in [6, 6.07) is 12.3. The average molecular weight is 430 g/mol. The van der Waals surface area contributed by atoms with Crippen LogP contribution in [0.5, 0.6) is 0 Å². The molecular formula is C23H31N3O3S. The van der Waals surface area contributed by atoms with E-state index in [-0.39, 0.29) is 17.3 Å². The van der Waals surface area contributed by atoms with Crippen molar-refractivity contribution in [3.63, 3.8) is 0 Å². The highest BCUT2D eigenvalue weighted by atomic mass is 32.2. The summed E-state index contributed by atoms with van der Waals surface area (Å²) in [5.41, 5.74) is 3.38. The van der Waals surface area contributed by atoms with Crippen molar-refractivity contribution >= 4 is 21.6 Å². The van der Waals surface area contributed by atoms with Gasteiger partial charge in [-0.2, -0.15) is 0 Å². The van der Waals surface area contributed by atoms with E-state index in [0.717, 1.165) is 36.3 Å². The highest BCUT2D eigenvalue weighted by Crippen LogP contribution is 2.29. The fourth-order valence-electron chi connectivity index (χ4n) is 3.68. The topological polar surface area (TPSA) is 60.9 Å². The fourth-order valence-corrected chi connectivity index (χ4v) is 5.15. The second kappa shape index (κ2) is 9.18. The van der Waals surface area contributed by atoms with E-state index < -0.39 is 10.0 Å². The van der Waals surface area contributed by atoms with Gasteiger partial charge < -0.3 is 9.80 Å². The Morgan fingerprint density at radius 3 is 2.20 bits per heavy atom. The Morgan fingerprint density at radius 2 is 1.60 bits per heavy atom. The highest BCUT2D eigenvalue weighted by molar-refractivity contribution is 7.92. The molecule has 6 nitrogen and oxygen atoms in total. The zero-order chi connectivity index (χ0) is 21.9. The number of anilines is 1. The third-order valence-corrected chi connectivity index (χ3v) is 7.68. The summed E-state index contributed by atoms with van der Waals surface area (Å²) >= 11 is 0. The fraction of sp³-hybridized carbons (Fsp3) is 0.435. The average Bonchev–Trinajstić information content (AvgIpc) is 2.74. The van der Waals surface area contributed by atoms with Gasteiger partial charge in [-0.1, -0.05) is 36.8 Å². The maximum Gasteiger partial charge on any atom is 0.264 e. The maximum absolute atomic E-state index is 13.6. The molecule has 30 heavy (non-hydrogen) atoms. The number of hydrogen-bond donors (Lipinski definition) is 0. The van der Waals surface area contributed by atoms with Gasteiger partial charge in [0.25, 0.3) is 10.0 Å². The van der Waals surface area contributed by atoms with Crippen LogP contribution in [0.15, 0.2) is 47.4 Å². The maximum atomic E-state index is 13.6. The number of carbonyl (C=O) groups excluding carboxylic acids is 1. The molecule has 0 saturated carbocycles. The zero-order valence-corrected chi connectivity index (χ0v) is 19.1. The molecule has 1 aliphatic rings. The van der Waals surface area contributed by atoms with E-state index >= 15 is 0 Å². The first kappa shape index (κ1) is 22.3. The van der Waals surface area contributed by atoms with Gasteiger partial charge in [0.2, 0.25) is 5.91 Å². The summed E-state index contributed by atoms with van der Waals surface area (Å²) in [5.74, 6) is -0.164. The van der Waals surface area contributed by atoms with E-state index in [1.807, 2.05) is 32.9 Å². The van der Waals surface area contributed by atoms with Crippen molar-refractivity contribution in [2.24, 2.45) is 0 Å². The minimum absolute atomic E-state index is 0.164. The Morgan fingerprint density at radius 1 is 0.967 bits per heavy atom. The first-order valence-electron chi connectivity index (χ1n) is 10.4. The molecule has 2 aromatic rings. The van der Waals surface area contributed by atoms with Crippen molar-refractivity contribution in [3.05, 3.63) is 59.2 Å². The quantitative estimate of drug-likeness (QED) is 0.708. The molecule has 1 amide bonds. The van der Waals surface area contributed by atoms with Crippen molar-refractivity contribution < 1.29 is 13.2 Å². The number of sulfonamides is 1. The Balaban J connectivity index is 1.95. The second-order valence-corrected chi connectivity index (χ2v) is 9.72. The minimum Gasteiger partial charge on any atom is -0.339 e. The second-order valence-electron chi connectivity index (χ2n) is 7.86. The number of hydrogen-bond acceptors (Lipinski definition) is 4. The van der Waals surface area contributed by atoms with Gasteiger partial charge in [0.15, 0.2) is 0 Å². The van der Waals surface area contributed by atoms with Gasteiger partial charge in [-0.05, 0) is 56.6 Å². The van der Waals surface area contributed by atoms with Crippen LogP contribution < -0.4 is 4.31 Å². The Labute approximate surface area is 180 Å². The SMILES string of the molecule is CCN1CCN(C(=O)CN(c2cccc(C)c2C)S(=O)(=O)c2ccc(C)cc2)CC1. The van der Waals surface area contributed by atoms with Gasteiger partial charge >= 0.3 is 0 Å². The third kappa shape index (κ3) is 4.68. The molecule has 0 spiro atoms. The van der Waals surface area contributed by atoms with Crippen LogP contribution in [0.4, 0.5) is 5.69 Å². The summed E-state index contributed by atoms with van der Waals surface area (Å²) < 4.78 is 28.4. The molecule has 0 unspecified atom stereocenters. The molecule has 0 atom stereocenters. The van der Waals surface area contributed by atoms with Crippen LogP contribution in [0.3, 0.4) is 0 Å². The molecule has 1 saturated heterocycles. The largest absolute Gasteiger partial charge is 0.339 e. The molecule has 3 rings (SSSR count). The molecule has 1 fully saturated rings. The minimum atomic E-state index is -3.88. The first-order valence-corrected chi connectivity index (χ1v) is 11.8. The number of benzene rings is 2. The van der Waals surface area contributed by atoms with Crippen LogP contribution in [0.1, 0.15) is 23.6 Å². The lowest BCUT2D eigenvalue weighted by Gasteiger charge is -2.35. The molecule has 7 heteroatoms. The number of carbonyl (C=O) groups is 1. The van der Waals surface area contributed by atoms with Crippen molar-refractivity contribution in [1.82, 2.24) is 9.80 Å². The molecule has 0 bridgehead atoms. The smallest absolute Gasteiger partial charge is 0.264 e. The van der Waals surface area contributed by atoms with Gasteiger partial charge in [0, 0.05) is 26.2 Å². The van der Waals surface area contributed by atoms with E-state index in [1.54, 1.807) is 35.2 Å². The standard InChI is InChI=1S/C23H31N3O3S/c1-5-24-13-15-25(16-14-24)23(27)17-26(22-8-6-7-19(3)20(22)4)30(28,29)21-11-9-18(2)10-12-21/h6-12H,5,13-17H2,1-4H3. The lowest BCUT2D eigenvalue weighted by molar-refractivity contribution is -0.131. The molecule has 0 N–H and O–H groups in total. The summed E-state index contributed by atoms with van der Waals surface area (Å²) in [6.45, 7) is 11.5. The molecular weight excluding hydrogens is 398 g/mol. The number of amides is 1. The van der Waals surface area contributed by atoms with Gasteiger partial charge in [0.1, 0.15) is 6.54 Å². The zero-order valence-electron chi connectivity index (χ0n) is 18.3. The highest BCUT2D eigenvalue weighted by Gasteiger charge is 2.31. The van der Waals surface area contributed by atoms with Gasteiger partial charge in [0.05, 0.1) is 10.6 Å². The molecule has 0 radical (unpaired) electrons. The monoisotopic (exact) mass is 429 g/mol. The predicted octanol–water partition coefficient (Wildman–Crippen LogP) is 2.97. The first-order chi connectivity index (χ1) is 14.2. The normalized spacial score (nSPS) is 15.3. The van der Waals surface area contributed by atoms with Crippen LogP contribution in [-0.2, 0) is 14.8 Å². The number of likely N-dealkylation sites (N-methyl/N-ethyl adjacent to an activating group) is 1.